The number of aliphatic hydroxyl groups excluding tert-OH is 3. The average Bonchev–Trinajstić information content (AvgIpc) is 2.75. The molecule has 0 aromatic rings. The van der Waals surface area contributed by atoms with Crippen LogP contribution in [0, 0.1) is 28.6 Å². The Hall–Kier alpha value is -0.380. The van der Waals surface area contributed by atoms with Gasteiger partial charge in [0, 0.05) is 0 Å². The standard InChI is InChI=1S/C19H30O3/c1-18-8-7-12(20)9-11(18)3-4-13-14-5-6-16(22)19(14,2)10-15(21)17(13)18/h3,12-17,20-22H,4-10H2,1-2H3/t12-,13?,14?,15-,16?,17?,18?,19?/m0/s1. The number of hydrogen-bond acceptors (Lipinski definition) is 3. The Morgan fingerprint density at radius 2 is 1.86 bits per heavy atom. The van der Waals surface area contributed by atoms with E-state index in [-0.39, 0.29) is 29.1 Å². The van der Waals surface area contributed by atoms with Gasteiger partial charge >= 0.3 is 0 Å². The fourth-order valence-electron chi connectivity index (χ4n) is 6.75. The van der Waals surface area contributed by atoms with Crippen LogP contribution in [0.15, 0.2) is 11.6 Å². The Kier molecular flexibility index (Phi) is 3.32. The van der Waals surface area contributed by atoms with E-state index in [1.165, 1.54) is 5.57 Å². The van der Waals surface area contributed by atoms with Crippen molar-refractivity contribution in [2.45, 2.75) is 77.1 Å². The lowest BCUT2D eigenvalue weighted by Crippen LogP contribution is -2.57. The molecule has 4 aliphatic rings. The van der Waals surface area contributed by atoms with Crippen LogP contribution in [0.4, 0.5) is 0 Å². The van der Waals surface area contributed by atoms with E-state index in [9.17, 15) is 15.3 Å². The highest BCUT2D eigenvalue weighted by Crippen LogP contribution is 2.64. The van der Waals surface area contributed by atoms with Gasteiger partial charge in [-0.2, -0.15) is 0 Å². The van der Waals surface area contributed by atoms with Crippen LogP contribution < -0.4 is 0 Å². The summed E-state index contributed by atoms with van der Waals surface area (Å²) < 4.78 is 0. The predicted octanol–water partition coefficient (Wildman–Crippen LogP) is 2.64. The highest BCUT2D eigenvalue weighted by Gasteiger charge is 2.61. The van der Waals surface area contributed by atoms with Gasteiger partial charge in [-0.15, -0.1) is 0 Å². The Bertz CT molecular complexity index is 501. The first-order valence-corrected chi connectivity index (χ1v) is 9.10. The van der Waals surface area contributed by atoms with E-state index < -0.39 is 0 Å². The second kappa shape index (κ2) is 4.81. The van der Waals surface area contributed by atoms with E-state index in [4.69, 9.17) is 0 Å². The minimum atomic E-state index is -0.317. The third kappa shape index (κ3) is 1.85. The normalized spacial score (nSPS) is 57.6. The lowest BCUT2D eigenvalue weighted by atomic mass is 9.47. The van der Waals surface area contributed by atoms with Crippen molar-refractivity contribution in [3.05, 3.63) is 11.6 Å². The molecule has 0 spiro atoms. The average molecular weight is 306 g/mol. The molecule has 3 N–H and O–H groups in total. The zero-order valence-electron chi connectivity index (χ0n) is 13.8. The van der Waals surface area contributed by atoms with Crippen LogP contribution in [0.1, 0.15) is 58.8 Å². The summed E-state index contributed by atoms with van der Waals surface area (Å²) >= 11 is 0. The molecule has 3 nitrogen and oxygen atoms in total. The van der Waals surface area contributed by atoms with Gasteiger partial charge in [-0.05, 0) is 73.5 Å². The topological polar surface area (TPSA) is 60.7 Å². The maximum absolute atomic E-state index is 11.0. The minimum Gasteiger partial charge on any atom is -0.393 e. The van der Waals surface area contributed by atoms with Gasteiger partial charge in [0.05, 0.1) is 18.3 Å². The molecule has 0 aromatic heterocycles. The summed E-state index contributed by atoms with van der Waals surface area (Å²) in [5, 5.41) is 31.5. The van der Waals surface area contributed by atoms with Crippen LogP contribution in [0.3, 0.4) is 0 Å². The van der Waals surface area contributed by atoms with Crippen molar-refractivity contribution in [3.63, 3.8) is 0 Å². The molecule has 0 heterocycles. The minimum absolute atomic E-state index is 0.0520. The molecule has 8 atom stereocenters. The van der Waals surface area contributed by atoms with Gasteiger partial charge in [-0.25, -0.2) is 0 Å². The van der Waals surface area contributed by atoms with Crippen LogP contribution in [-0.2, 0) is 0 Å². The number of allylic oxidation sites excluding steroid dienone is 1. The summed E-state index contributed by atoms with van der Waals surface area (Å²) in [5.41, 5.74) is 1.33. The highest BCUT2D eigenvalue weighted by atomic mass is 16.3. The van der Waals surface area contributed by atoms with Crippen LogP contribution >= 0.6 is 0 Å². The molecular formula is C19H30O3. The van der Waals surface area contributed by atoms with Gasteiger partial charge in [-0.3, -0.25) is 0 Å². The maximum Gasteiger partial charge on any atom is 0.0597 e. The van der Waals surface area contributed by atoms with Gasteiger partial charge in [0.2, 0.25) is 0 Å². The van der Waals surface area contributed by atoms with Crippen molar-refractivity contribution in [1.82, 2.24) is 0 Å². The summed E-state index contributed by atoms with van der Waals surface area (Å²) in [5.74, 6) is 1.34. The molecule has 22 heavy (non-hydrogen) atoms. The molecule has 4 aliphatic carbocycles. The summed E-state index contributed by atoms with van der Waals surface area (Å²) in [6.07, 6.45) is 7.99. The third-order valence-corrected chi connectivity index (χ3v) is 7.96. The van der Waals surface area contributed by atoms with Crippen LogP contribution in [-0.4, -0.2) is 33.6 Å². The molecule has 3 fully saturated rings. The molecule has 4 rings (SSSR count). The first-order valence-electron chi connectivity index (χ1n) is 9.10. The van der Waals surface area contributed by atoms with Gasteiger partial charge in [0.15, 0.2) is 0 Å². The number of rotatable bonds is 0. The van der Waals surface area contributed by atoms with E-state index in [0.717, 1.165) is 44.9 Å². The van der Waals surface area contributed by atoms with Gasteiger partial charge in [0.25, 0.3) is 0 Å². The molecule has 3 saturated carbocycles. The second-order valence-corrected chi connectivity index (χ2v) is 8.95. The molecule has 0 radical (unpaired) electrons. The van der Waals surface area contributed by atoms with Crippen LogP contribution in [0.2, 0.25) is 0 Å². The largest absolute Gasteiger partial charge is 0.393 e. The molecule has 6 unspecified atom stereocenters. The van der Waals surface area contributed by atoms with Crippen molar-refractivity contribution < 1.29 is 15.3 Å². The Balaban J connectivity index is 1.73. The summed E-state index contributed by atoms with van der Waals surface area (Å²) in [4.78, 5) is 0. The second-order valence-electron chi connectivity index (χ2n) is 8.95. The lowest BCUT2D eigenvalue weighted by Gasteiger charge is -2.59. The molecule has 0 aromatic carbocycles. The fraction of sp³-hybridized carbons (Fsp3) is 0.895. The van der Waals surface area contributed by atoms with E-state index >= 15 is 0 Å². The van der Waals surface area contributed by atoms with Crippen molar-refractivity contribution >= 4 is 0 Å². The van der Waals surface area contributed by atoms with Gasteiger partial charge in [-0.1, -0.05) is 25.5 Å². The molecule has 0 saturated heterocycles. The molecular weight excluding hydrogens is 276 g/mol. The van der Waals surface area contributed by atoms with E-state index in [1.807, 2.05) is 0 Å². The Morgan fingerprint density at radius 3 is 2.64 bits per heavy atom. The van der Waals surface area contributed by atoms with Crippen molar-refractivity contribution in [2.75, 3.05) is 0 Å². The summed E-state index contributed by atoms with van der Waals surface area (Å²) in [6, 6.07) is 0. The fourth-order valence-corrected chi connectivity index (χ4v) is 6.75. The van der Waals surface area contributed by atoms with Crippen molar-refractivity contribution in [1.29, 1.82) is 0 Å². The Labute approximate surface area is 133 Å². The monoisotopic (exact) mass is 306 g/mol. The molecule has 124 valence electrons. The molecule has 0 bridgehead atoms. The van der Waals surface area contributed by atoms with Gasteiger partial charge < -0.3 is 15.3 Å². The predicted molar refractivity (Wildman–Crippen MR) is 85.1 cm³/mol. The highest BCUT2D eigenvalue weighted by molar-refractivity contribution is 5.26. The van der Waals surface area contributed by atoms with E-state index in [1.54, 1.807) is 0 Å². The first kappa shape index (κ1) is 15.2. The van der Waals surface area contributed by atoms with Crippen LogP contribution in [0.5, 0.6) is 0 Å². The number of aliphatic hydroxyl groups is 3. The van der Waals surface area contributed by atoms with Crippen LogP contribution in [0.25, 0.3) is 0 Å². The number of hydrogen-bond donors (Lipinski definition) is 3. The summed E-state index contributed by atoms with van der Waals surface area (Å²) in [6.45, 7) is 4.51. The molecule has 3 heteroatoms. The summed E-state index contributed by atoms with van der Waals surface area (Å²) in [7, 11) is 0. The first-order chi connectivity index (χ1) is 10.4. The van der Waals surface area contributed by atoms with Crippen molar-refractivity contribution in [2.24, 2.45) is 28.6 Å². The van der Waals surface area contributed by atoms with E-state index in [2.05, 4.69) is 19.9 Å². The van der Waals surface area contributed by atoms with Gasteiger partial charge in [0.1, 0.15) is 0 Å². The van der Waals surface area contributed by atoms with E-state index in [0.29, 0.717) is 17.8 Å². The third-order valence-electron chi connectivity index (χ3n) is 7.96. The maximum atomic E-state index is 11.0. The zero-order chi connectivity index (χ0) is 15.7. The zero-order valence-corrected chi connectivity index (χ0v) is 13.8. The Morgan fingerprint density at radius 1 is 1.09 bits per heavy atom. The lowest BCUT2D eigenvalue weighted by molar-refractivity contribution is -0.136. The molecule has 0 amide bonds. The number of fused-ring (bicyclic) bond motifs is 5. The molecule has 0 aliphatic heterocycles. The van der Waals surface area contributed by atoms with Crippen molar-refractivity contribution in [3.8, 4) is 0 Å². The smallest absolute Gasteiger partial charge is 0.0597 e. The quantitative estimate of drug-likeness (QED) is 0.603. The SMILES string of the molecule is CC12CC[C@H](O)CC1=CCC1C2[C@@H](O)CC2(C)C(O)CCC12.